The third kappa shape index (κ3) is 7.63. The van der Waals surface area contributed by atoms with Gasteiger partial charge >= 0.3 is 0 Å². The summed E-state index contributed by atoms with van der Waals surface area (Å²) in [5.41, 5.74) is 11.4. The Labute approximate surface area is 319 Å². The summed E-state index contributed by atoms with van der Waals surface area (Å²) in [6.45, 7) is 0. The van der Waals surface area contributed by atoms with Crippen LogP contribution >= 0.6 is 0 Å². The van der Waals surface area contributed by atoms with E-state index in [0.717, 1.165) is 57.1 Å². The van der Waals surface area contributed by atoms with Crippen LogP contribution in [0.15, 0.2) is 188 Å². The number of phenols is 1. The van der Waals surface area contributed by atoms with E-state index in [1.165, 1.54) is 11.1 Å². The number of hydrogen-bond acceptors (Lipinski definition) is 4. The second kappa shape index (κ2) is 15.9. The molecular formula is C47H34N3OPt-. The first-order chi connectivity index (χ1) is 25.2. The number of nitrogens with zero attached hydrogens (tertiary/aromatic N) is 3. The third-order valence-corrected chi connectivity index (χ3v) is 8.92. The molecule has 254 valence electrons. The van der Waals surface area contributed by atoms with Crippen LogP contribution in [0.4, 0.5) is 17.2 Å². The molecule has 2 aromatic heterocycles. The second-order valence-electron chi connectivity index (χ2n) is 12.4. The van der Waals surface area contributed by atoms with Gasteiger partial charge < -0.3 is 10.0 Å². The molecule has 4 nitrogen and oxygen atoms in total. The fourth-order valence-electron chi connectivity index (χ4n) is 6.38. The molecule has 0 radical (unpaired) electrons. The Hall–Kier alpha value is -6.09. The van der Waals surface area contributed by atoms with Crippen molar-refractivity contribution in [2.75, 3.05) is 4.90 Å². The molecule has 0 unspecified atom stereocenters. The largest absolute Gasteiger partial charge is 0.507 e. The van der Waals surface area contributed by atoms with Crippen LogP contribution in [0.25, 0.3) is 44.8 Å². The minimum absolute atomic E-state index is 0. The van der Waals surface area contributed by atoms with Gasteiger partial charge in [0, 0.05) is 38.5 Å². The minimum atomic E-state index is 0. The van der Waals surface area contributed by atoms with Crippen LogP contribution in [-0.2, 0) is 27.5 Å². The van der Waals surface area contributed by atoms with Crippen molar-refractivity contribution >= 4 is 17.2 Å². The first-order valence-corrected chi connectivity index (χ1v) is 17.0. The Morgan fingerprint density at radius 2 is 1.12 bits per heavy atom. The molecule has 1 N–H and O–H groups in total. The van der Waals surface area contributed by atoms with Crippen molar-refractivity contribution in [2.45, 2.75) is 6.42 Å². The number of phenolic OH excluding ortho intramolecular Hbond substituents is 1. The molecular weight excluding hydrogens is 818 g/mol. The summed E-state index contributed by atoms with van der Waals surface area (Å²) >= 11 is 0. The third-order valence-electron chi connectivity index (χ3n) is 8.92. The summed E-state index contributed by atoms with van der Waals surface area (Å²) in [5, 5.41) is 11.0. The van der Waals surface area contributed by atoms with Gasteiger partial charge in [0.15, 0.2) is 0 Å². The van der Waals surface area contributed by atoms with Gasteiger partial charge in [-0.05, 0) is 88.1 Å². The number of aromatic hydroxyl groups is 1. The zero-order valence-electron chi connectivity index (χ0n) is 28.2. The van der Waals surface area contributed by atoms with Crippen molar-refractivity contribution < 1.29 is 26.2 Å². The average Bonchev–Trinajstić information content (AvgIpc) is 3.20. The summed E-state index contributed by atoms with van der Waals surface area (Å²) in [6.07, 6.45) is 2.67. The molecule has 8 aromatic rings. The fraction of sp³-hybridized carbons (Fsp3) is 0.0213. The van der Waals surface area contributed by atoms with Gasteiger partial charge in [0.2, 0.25) is 0 Å². The van der Waals surface area contributed by atoms with Gasteiger partial charge in [0.25, 0.3) is 0 Å². The van der Waals surface area contributed by atoms with Gasteiger partial charge in [0.05, 0.1) is 5.69 Å². The molecule has 0 spiro atoms. The average molecular weight is 852 g/mol. The Morgan fingerprint density at radius 3 is 1.83 bits per heavy atom. The van der Waals surface area contributed by atoms with E-state index in [4.69, 9.17) is 9.97 Å². The van der Waals surface area contributed by atoms with E-state index in [-0.39, 0.29) is 26.8 Å². The zero-order chi connectivity index (χ0) is 34.4. The van der Waals surface area contributed by atoms with E-state index in [1.807, 2.05) is 72.9 Å². The summed E-state index contributed by atoms with van der Waals surface area (Å²) < 4.78 is 0. The molecule has 0 aliphatic carbocycles. The molecule has 2 heterocycles. The zero-order valence-corrected chi connectivity index (χ0v) is 30.5. The predicted molar refractivity (Wildman–Crippen MR) is 208 cm³/mol. The molecule has 5 heteroatoms. The van der Waals surface area contributed by atoms with Crippen LogP contribution in [0.5, 0.6) is 5.75 Å². The second-order valence-corrected chi connectivity index (χ2v) is 12.4. The van der Waals surface area contributed by atoms with E-state index in [9.17, 15) is 5.11 Å². The van der Waals surface area contributed by atoms with E-state index in [0.29, 0.717) is 11.3 Å². The maximum absolute atomic E-state index is 11.0. The van der Waals surface area contributed by atoms with Crippen LogP contribution in [0, 0.1) is 6.07 Å². The molecule has 0 aliphatic rings. The monoisotopic (exact) mass is 851 g/mol. The van der Waals surface area contributed by atoms with Gasteiger partial charge in [-0.25, -0.2) is 4.98 Å². The first kappa shape index (κ1) is 34.4. The fourth-order valence-corrected chi connectivity index (χ4v) is 6.38. The minimum Gasteiger partial charge on any atom is -0.507 e. The number of benzene rings is 6. The Bertz CT molecular complexity index is 2350. The summed E-state index contributed by atoms with van der Waals surface area (Å²) in [7, 11) is 0. The predicted octanol–water partition coefficient (Wildman–Crippen LogP) is 11.7. The van der Waals surface area contributed by atoms with Gasteiger partial charge in [-0.3, -0.25) is 4.98 Å². The molecule has 0 saturated carbocycles. The number of para-hydroxylation sites is 2. The molecule has 0 bridgehead atoms. The van der Waals surface area contributed by atoms with Gasteiger partial charge in [-0.2, -0.15) is 0 Å². The van der Waals surface area contributed by atoms with E-state index < -0.39 is 0 Å². The van der Waals surface area contributed by atoms with Crippen molar-refractivity contribution in [3.8, 4) is 50.5 Å². The van der Waals surface area contributed by atoms with Crippen molar-refractivity contribution in [3.05, 3.63) is 205 Å². The van der Waals surface area contributed by atoms with Crippen molar-refractivity contribution in [2.24, 2.45) is 0 Å². The van der Waals surface area contributed by atoms with E-state index in [1.54, 1.807) is 6.07 Å². The van der Waals surface area contributed by atoms with Crippen molar-refractivity contribution in [1.82, 2.24) is 9.97 Å². The number of hydrogen-bond donors (Lipinski definition) is 1. The van der Waals surface area contributed by atoms with Crippen LogP contribution in [0.2, 0.25) is 0 Å². The molecule has 0 atom stereocenters. The molecule has 0 amide bonds. The maximum Gasteiger partial charge on any atom is 0.136 e. The van der Waals surface area contributed by atoms with Crippen molar-refractivity contribution in [1.29, 1.82) is 0 Å². The summed E-state index contributed by atoms with van der Waals surface area (Å²) in [5.74, 6) is 0.961. The van der Waals surface area contributed by atoms with Crippen LogP contribution in [0.1, 0.15) is 11.1 Å². The van der Waals surface area contributed by atoms with Crippen LogP contribution in [-0.4, -0.2) is 15.1 Å². The standard InChI is InChI=1S/C47H34N3O.Pt/c51-46-21-11-10-20-43(46)45-33-39(37-25-23-35(24-26-37)28-34-14-4-1-5-15-34)32-44(49-45)40-29-38(36-16-6-2-7-17-36)30-42(31-40)50(41-18-8-3-9-19-41)47-22-12-13-27-48-47;/h1-27,29-30,32-33,51H,28H2;/q-1;. The molecule has 0 fully saturated rings. The molecule has 0 saturated heterocycles. The maximum atomic E-state index is 11.0. The van der Waals surface area contributed by atoms with Crippen molar-refractivity contribution in [3.63, 3.8) is 0 Å². The molecule has 52 heavy (non-hydrogen) atoms. The topological polar surface area (TPSA) is 49.2 Å². The normalized spacial score (nSPS) is 10.7. The van der Waals surface area contributed by atoms with Crippen LogP contribution < -0.4 is 4.90 Å². The van der Waals surface area contributed by atoms with E-state index >= 15 is 0 Å². The van der Waals surface area contributed by atoms with Crippen LogP contribution in [0.3, 0.4) is 0 Å². The van der Waals surface area contributed by atoms with Gasteiger partial charge in [0.1, 0.15) is 11.6 Å². The summed E-state index contributed by atoms with van der Waals surface area (Å²) in [4.78, 5) is 12.1. The number of aromatic nitrogens is 2. The number of pyridine rings is 2. The molecule has 0 aliphatic heterocycles. The first-order valence-electron chi connectivity index (χ1n) is 17.0. The van der Waals surface area contributed by atoms with Gasteiger partial charge in [-0.15, -0.1) is 23.8 Å². The Morgan fingerprint density at radius 1 is 0.519 bits per heavy atom. The van der Waals surface area contributed by atoms with E-state index in [2.05, 4.69) is 120 Å². The molecule has 6 aromatic carbocycles. The smallest absolute Gasteiger partial charge is 0.136 e. The molecule has 8 rings (SSSR count). The number of rotatable bonds is 9. The van der Waals surface area contributed by atoms with Gasteiger partial charge in [-0.1, -0.05) is 133 Å². The Balaban J connectivity index is 0.00000420. The SMILES string of the molecule is Oc1ccccc1-c1cc(-c2ccc(Cc3ccccc3)cc2)cc(-c2[c-]c(N(c3ccccc3)c3ccccn3)cc(-c3ccccc3)c2)n1.[Pt]. The summed E-state index contributed by atoms with van der Waals surface area (Å²) in [6, 6.07) is 65.3. The quantitative estimate of drug-likeness (QED) is 0.147. The Kier molecular flexibility index (Phi) is 10.5. The number of anilines is 3.